The second kappa shape index (κ2) is 7.19. The van der Waals surface area contributed by atoms with Crippen LogP contribution in [0.3, 0.4) is 0 Å². The number of nitrogens with one attached hydrogen (secondary N) is 1. The van der Waals surface area contributed by atoms with Crippen molar-refractivity contribution in [3.05, 3.63) is 72.8 Å². The van der Waals surface area contributed by atoms with E-state index in [0.29, 0.717) is 17.0 Å². The van der Waals surface area contributed by atoms with E-state index in [1.807, 2.05) is 6.07 Å². The topological polar surface area (TPSA) is 86.1 Å². The Hall–Kier alpha value is -3.48. The van der Waals surface area contributed by atoms with Gasteiger partial charge in [0.1, 0.15) is 24.9 Å². The van der Waals surface area contributed by atoms with Gasteiger partial charge >= 0.3 is 5.97 Å². The van der Waals surface area contributed by atoms with Crippen LogP contribution in [-0.4, -0.2) is 26.6 Å². The van der Waals surface area contributed by atoms with E-state index in [4.69, 9.17) is 4.74 Å². The maximum atomic E-state index is 12.0. The fourth-order valence-electron chi connectivity index (χ4n) is 2.01. The highest BCUT2D eigenvalue weighted by atomic mass is 16.5. The summed E-state index contributed by atoms with van der Waals surface area (Å²) in [6.07, 6.45) is 2.78. The molecule has 0 unspecified atom stereocenters. The zero-order valence-electron chi connectivity index (χ0n) is 12.6. The Bertz CT molecular complexity index is 815. The monoisotopic (exact) mass is 322 g/mol. The molecule has 1 aromatic heterocycles. The van der Waals surface area contributed by atoms with E-state index < -0.39 is 5.97 Å². The smallest absolute Gasteiger partial charge is 0.333 e. The van der Waals surface area contributed by atoms with Crippen LogP contribution in [0.15, 0.2) is 67.3 Å². The fraction of sp³-hybridized carbons (Fsp3) is 0.0588. The Morgan fingerprint density at radius 1 is 1.04 bits per heavy atom. The van der Waals surface area contributed by atoms with Gasteiger partial charge in [0.05, 0.1) is 0 Å². The second-order valence-corrected chi connectivity index (χ2v) is 4.91. The number of rotatable bonds is 5. The van der Waals surface area contributed by atoms with Gasteiger partial charge in [0.25, 0.3) is 5.91 Å². The average molecular weight is 322 g/mol. The van der Waals surface area contributed by atoms with Gasteiger partial charge in [-0.3, -0.25) is 4.79 Å². The van der Waals surface area contributed by atoms with Crippen LogP contribution in [0, 0.1) is 0 Å². The van der Waals surface area contributed by atoms with Gasteiger partial charge < -0.3 is 10.1 Å². The van der Waals surface area contributed by atoms with Crippen LogP contribution in [0.5, 0.6) is 5.75 Å². The highest BCUT2D eigenvalue weighted by Crippen LogP contribution is 2.17. The molecule has 0 aliphatic carbocycles. The molecule has 0 fully saturated rings. The van der Waals surface area contributed by atoms with Crippen LogP contribution in [0.4, 0.5) is 5.69 Å². The molecule has 0 spiro atoms. The molecular weight excluding hydrogens is 308 g/mol. The van der Waals surface area contributed by atoms with Crippen molar-refractivity contribution in [1.82, 2.24) is 14.8 Å². The van der Waals surface area contributed by atoms with Gasteiger partial charge in [0, 0.05) is 11.3 Å². The Labute approximate surface area is 137 Å². The summed E-state index contributed by atoms with van der Waals surface area (Å²) in [6, 6.07) is 15.5. The zero-order valence-corrected chi connectivity index (χ0v) is 12.6. The van der Waals surface area contributed by atoms with Gasteiger partial charge in [-0.1, -0.05) is 18.2 Å². The van der Waals surface area contributed by atoms with E-state index in [-0.39, 0.29) is 12.5 Å². The molecule has 0 bridgehead atoms. The summed E-state index contributed by atoms with van der Waals surface area (Å²) in [4.78, 5) is 27.5. The van der Waals surface area contributed by atoms with Crippen molar-refractivity contribution in [1.29, 1.82) is 0 Å². The lowest BCUT2D eigenvalue weighted by Crippen LogP contribution is -2.16. The molecule has 3 aromatic rings. The number of benzene rings is 2. The van der Waals surface area contributed by atoms with Crippen LogP contribution < -0.4 is 10.1 Å². The summed E-state index contributed by atoms with van der Waals surface area (Å²) in [7, 11) is 0. The Morgan fingerprint density at radius 2 is 1.79 bits per heavy atom. The maximum absolute atomic E-state index is 12.0. The van der Waals surface area contributed by atoms with Gasteiger partial charge in [-0.25, -0.2) is 14.5 Å². The maximum Gasteiger partial charge on any atom is 0.333 e. The molecule has 0 radical (unpaired) electrons. The molecule has 0 saturated carbocycles. The van der Waals surface area contributed by atoms with Crippen LogP contribution >= 0.6 is 0 Å². The first-order valence-electron chi connectivity index (χ1n) is 7.20. The first kappa shape index (κ1) is 15.4. The highest BCUT2D eigenvalue weighted by molar-refractivity contribution is 6.04. The Morgan fingerprint density at radius 3 is 2.46 bits per heavy atom. The van der Waals surface area contributed by atoms with Crippen LogP contribution in [0.25, 0.3) is 0 Å². The molecule has 7 heteroatoms. The van der Waals surface area contributed by atoms with Gasteiger partial charge in [-0.15, -0.1) is 0 Å². The number of anilines is 1. The van der Waals surface area contributed by atoms with E-state index in [1.165, 1.54) is 17.3 Å². The highest BCUT2D eigenvalue weighted by Gasteiger charge is 2.08. The molecule has 1 heterocycles. The molecular formula is C17H14N4O3. The lowest BCUT2D eigenvalue weighted by molar-refractivity contribution is -0.135. The molecule has 3 rings (SSSR count). The zero-order chi connectivity index (χ0) is 16.8. The lowest BCUT2D eigenvalue weighted by Gasteiger charge is -2.07. The third-order valence-corrected chi connectivity index (χ3v) is 3.14. The molecule has 7 nitrogen and oxygen atoms in total. The molecule has 0 saturated heterocycles. The van der Waals surface area contributed by atoms with Crippen LogP contribution in [0.1, 0.15) is 10.4 Å². The summed E-state index contributed by atoms with van der Waals surface area (Å²) in [5, 5.41) is 6.60. The molecule has 24 heavy (non-hydrogen) atoms. The van der Waals surface area contributed by atoms with Crippen molar-refractivity contribution in [3.8, 4) is 5.75 Å². The van der Waals surface area contributed by atoms with Gasteiger partial charge in [0.15, 0.2) is 0 Å². The van der Waals surface area contributed by atoms with E-state index >= 15 is 0 Å². The number of ether oxygens (including phenoxy) is 1. The predicted molar refractivity (Wildman–Crippen MR) is 86.5 cm³/mol. The minimum atomic E-state index is -0.457. The van der Waals surface area contributed by atoms with E-state index in [2.05, 4.69) is 15.4 Å². The van der Waals surface area contributed by atoms with Gasteiger partial charge in [-0.05, 0) is 36.4 Å². The van der Waals surface area contributed by atoms with E-state index in [0.717, 1.165) is 0 Å². The molecule has 2 aromatic carbocycles. The quantitative estimate of drug-likeness (QED) is 0.574. The fourth-order valence-corrected chi connectivity index (χ4v) is 2.01. The number of aromatic nitrogens is 3. The molecule has 120 valence electrons. The standard InChI is InChI=1S/C17H14N4O3/c22-16(10-21-12-18-11-19-21)24-15-8-6-14(7-9-15)20-17(23)13-4-2-1-3-5-13/h1-9,11-12H,10H2,(H,20,23). The van der Waals surface area contributed by atoms with Crippen molar-refractivity contribution in [2.45, 2.75) is 6.54 Å². The minimum Gasteiger partial charge on any atom is -0.425 e. The first-order valence-corrected chi connectivity index (χ1v) is 7.20. The summed E-state index contributed by atoms with van der Waals surface area (Å²) in [5.41, 5.74) is 1.18. The summed E-state index contributed by atoms with van der Waals surface area (Å²) in [5.74, 6) is -0.272. The number of carbonyl (C=O) groups excluding carboxylic acids is 2. The third kappa shape index (κ3) is 4.04. The Kier molecular flexibility index (Phi) is 4.62. The van der Waals surface area contributed by atoms with Crippen molar-refractivity contribution in [2.75, 3.05) is 5.32 Å². The Balaban J connectivity index is 1.57. The average Bonchev–Trinajstić information content (AvgIpc) is 3.10. The number of esters is 1. The third-order valence-electron chi connectivity index (χ3n) is 3.14. The number of hydrogen-bond acceptors (Lipinski definition) is 5. The molecule has 1 amide bonds. The van der Waals surface area contributed by atoms with Crippen molar-refractivity contribution < 1.29 is 14.3 Å². The number of amides is 1. The minimum absolute atomic E-state index is 0.0213. The summed E-state index contributed by atoms with van der Waals surface area (Å²) in [6.45, 7) is -0.0213. The van der Waals surface area contributed by atoms with Gasteiger partial charge in [0.2, 0.25) is 0 Å². The molecule has 0 aliphatic rings. The number of nitrogens with zero attached hydrogens (tertiary/aromatic N) is 3. The first-order chi connectivity index (χ1) is 11.7. The van der Waals surface area contributed by atoms with Crippen LogP contribution in [-0.2, 0) is 11.3 Å². The van der Waals surface area contributed by atoms with Crippen LogP contribution in [0.2, 0.25) is 0 Å². The molecule has 1 N–H and O–H groups in total. The second-order valence-electron chi connectivity index (χ2n) is 4.91. The van der Waals surface area contributed by atoms with Gasteiger partial charge in [-0.2, -0.15) is 5.10 Å². The van der Waals surface area contributed by atoms with E-state index in [1.54, 1.807) is 48.5 Å². The normalized spacial score (nSPS) is 10.2. The molecule has 0 aliphatic heterocycles. The van der Waals surface area contributed by atoms with Crippen molar-refractivity contribution in [3.63, 3.8) is 0 Å². The van der Waals surface area contributed by atoms with Crippen molar-refractivity contribution >= 4 is 17.6 Å². The SMILES string of the molecule is O=C(Cn1cncn1)Oc1ccc(NC(=O)c2ccccc2)cc1. The largest absolute Gasteiger partial charge is 0.425 e. The summed E-state index contributed by atoms with van der Waals surface area (Å²) < 4.78 is 6.56. The molecule has 0 atom stereocenters. The predicted octanol–water partition coefficient (Wildman–Crippen LogP) is 2.14. The van der Waals surface area contributed by atoms with Crippen molar-refractivity contribution in [2.24, 2.45) is 0 Å². The number of hydrogen-bond donors (Lipinski definition) is 1. The summed E-state index contributed by atoms with van der Waals surface area (Å²) >= 11 is 0. The number of carbonyl (C=O) groups is 2. The van der Waals surface area contributed by atoms with E-state index in [9.17, 15) is 9.59 Å². The lowest BCUT2D eigenvalue weighted by atomic mass is 10.2.